The summed E-state index contributed by atoms with van der Waals surface area (Å²) in [5.41, 5.74) is 1.22. The Kier molecular flexibility index (Phi) is 4.56. The first-order valence-electron chi connectivity index (χ1n) is 7.93. The lowest BCUT2D eigenvalue weighted by molar-refractivity contribution is -0.122. The standard InChI is InChI=1S/C17H24N2O2/c1-13-11-19(10-9-17(20)18-15-7-8-15)12-16(21-13)14-5-3-2-4-6-14/h2-6,13,15-16H,7-12H2,1H3,(H,18,20)/t13-,16-/m0/s1. The Morgan fingerprint density at radius 2 is 2.05 bits per heavy atom. The van der Waals surface area contributed by atoms with E-state index in [-0.39, 0.29) is 18.1 Å². The molecule has 1 amide bonds. The maximum absolute atomic E-state index is 11.8. The van der Waals surface area contributed by atoms with Gasteiger partial charge in [0.25, 0.3) is 0 Å². The second-order valence-electron chi connectivity index (χ2n) is 6.20. The van der Waals surface area contributed by atoms with Crippen LogP contribution >= 0.6 is 0 Å². The fraction of sp³-hybridized carbons (Fsp3) is 0.588. The minimum atomic E-state index is 0.112. The smallest absolute Gasteiger partial charge is 0.221 e. The molecule has 3 rings (SSSR count). The second kappa shape index (κ2) is 6.58. The number of carbonyl (C=O) groups excluding carboxylic acids is 1. The Bertz CT molecular complexity index is 473. The van der Waals surface area contributed by atoms with E-state index in [1.54, 1.807) is 0 Å². The van der Waals surface area contributed by atoms with E-state index in [4.69, 9.17) is 4.74 Å². The summed E-state index contributed by atoms with van der Waals surface area (Å²) in [6.45, 7) is 4.69. The van der Waals surface area contributed by atoms with Crippen LogP contribution in [0.2, 0.25) is 0 Å². The Morgan fingerprint density at radius 1 is 1.29 bits per heavy atom. The zero-order valence-corrected chi connectivity index (χ0v) is 12.6. The Labute approximate surface area is 126 Å². The molecule has 4 heteroatoms. The molecular formula is C17H24N2O2. The maximum Gasteiger partial charge on any atom is 0.221 e. The van der Waals surface area contributed by atoms with Gasteiger partial charge in [-0.05, 0) is 25.3 Å². The van der Waals surface area contributed by atoms with Crippen LogP contribution in [0.4, 0.5) is 0 Å². The summed E-state index contributed by atoms with van der Waals surface area (Å²) >= 11 is 0. The quantitative estimate of drug-likeness (QED) is 0.902. The lowest BCUT2D eigenvalue weighted by Gasteiger charge is -2.37. The van der Waals surface area contributed by atoms with Gasteiger partial charge in [0.05, 0.1) is 12.2 Å². The lowest BCUT2D eigenvalue weighted by Crippen LogP contribution is -2.44. The average Bonchev–Trinajstić information content (AvgIpc) is 3.29. The number of rotatable bonds is 5. The minimum Gasteiger partial charge on any atom is -0.368 e. The molecule has 4 nitrogen and oxygen atoms in total. The molecule has 0 spiro atoms. The van der Waals surface area contributed by atoms with Crippen molar-refractivity contribution in [2.24, 2.45) is 0 Å². The van der Waals surface area contributed by atoms with Gasteiger partial charge in [-0.3, -0.25) is 9.69 Å². The third-order valence-electron chi connectivity index (χ3n) is 4.10. The number of benzene rings is 1. The molecule has 1 aliphatic carbocycles. The van der Waals surface area contributed by atoms with Crippen LogP contribution in [0, 0.1) is 0 Å². The molecule has 114 valence electrons. The molecule has 2 fully saturated rings. The van der Waals surface area contributed by atoms with Crippen molar-refractivity contribution >= 4 is 5.91 Å². The topological polar surface area (TPSA) is 41.6 Å². The predicted octanol–water partition coefficient (Wildman–Crippen LogP) is 2.12. The minimum absolute atomic E-state index is 0.112. The van der Waals surface area contributed by atoms with Gasteiger partial charge in [0.1, 0.15) is 0 Å². The highest BCUT2D eigenvalue weighted by molar-refractivity contribution is 5.76. The second-order valence-corrected chi connectivity index (χ2v) is 6.20. The van der Waals surface area contributed by atoms with Crippen LogP contribution in [0.1, 0.15) is 37.9 Å². The molecule has 21 heavy (non-hydrogen) atoms. The molecule has 0 bridgehead atoms. The van der Waals surface area contributed by atoms with E-state index in [9.17, 15) is 4.79 Å². The first kappa shape index (κ1) is 14.5. The fourth-order valence-corrected chi connectivity index (χ4v) is 2.86. The number of carbonyl (C=O) groups is 1. The molecule has 1 saturated carbocycles. The number of amides is 1. The van der Waals surface area contributed by atoms with E-state index >= 15 is 0 Å². The van der Waals surface area contributed by atoms with Gasteiger partial charge in [0.2, 0.25) is 5.91 Å². The van der Waals surface area contributed by atoms with Crippen LogP contribution in [-0.2, 0) is 9.53 Å². The third kappa shape index (κ3) is 4.29. The molecule has 0 radical (unpaired) electrons. The molecule has 1 aromatic rings. The van der Waals surface area contributed by atoms with Gasteiger partial charge in [0, 0.05) is 32.1 Å². The molecule has 0 unspecified atom stereocenters. The van der Waals surface area contributed by atoms with Crippen molar-refractivity contribution in [3.05, 3.63) is 35.9 Å². The van der Waals surface area contributed by atoms with Gasteiger partial charge >= 0.3 is 0 Å². The molecule has 1 heterocycles. The lowest BCUT2D eigenvalue weighted by atomic mass is 10.1. The van der Waals surface area contributed by atoms with Crippen molar-refractivity contribution in [1.82, 2.24) is 10.2 Å². The molecular weight excluding hydrogens is 264 g/mol. The molecule has 1 saturated heterocycles. The molecule has 1 aliphatic heterocycles. The van der Waals surface area contributed by atoms with Gasteiger partial charge in [-0.2, -0.15) is 0 Å². The van der Waals surface area contributed by atoms with Crippen LogP contribution in [-0.4, -0.2) is 42.6 Å². The summed E-state index contributed by atoms with van der Waals surface area (Å²) < 4.78 is 6.04. The van der Waals surface area contributed by atoms with Gasteiger partial charge in [-0.25, -0.2) is 0 Å². The molecule has 0 aromatic heterocycles. The number of nitrogens with zero attached hydrogens (tertiary/aromatic N) is 1. The number of hydrogen-bond donors (Lipinski definition) is 1. The van der Waals surface area contributed by atoms with E-state index in [0.29, 0.717) is 12.5 Å². The Morgan fingerprint density at radius 3 is 2.76 bits per heavy atom. The van der Waals surface area contributed by atoms with Crippen LogP contribution in [0.5, 0.6) is 0 Å². The van der Waals surface area contributed by atoms with Crippen molar-refractivity contribution in [3.8, 4) is 0 Å². The summed E-state index contributed by atoms with van der Waals surface area (Å²) in [6, 6.07) is 10.8. The van der Waals surface area contributed by atoms with Gasteiger partial charge < -0.3 is 10.1 Å². The van der Waals surface area contributed by atoms with Crippen LogP contribution < -0.4 is 5.32 Å². The van der Waals surface area contributed by atoms with Crippen molar-refractivity contribution in [2.75, 3.05) is 19.6 Å². The highest BCUT2D eigenvalue weighted by atomic mass is 16.5. The molecule has 2 atom stereocenters. The maximum atomic E-state index is 11.8. The van der Waals surface area contributed by atoms with Crippen LogP contribution in [0.3, 0.4) is 0 Å². The Hall–Kier alpha value is -1.39. The average molecular weight is 288 g/mol. The highest BCUT2D eigenvalue weighted by Crippen LogP contribution is 2.25. The van der Waals surface area contributed by atoms with Crippen molar-refractivity contribution in [2.45, 2.75) is 44.4 Å². The van der Waals surface area contributed by atoms with E-state index in [1.165, 1.54) is 5.56 Å². The summed E-state index contributed by atoms with van der Waals surface area (Å²) in [5.74, 6) is 0.188. The van der Waals surface area contributed by atoms with Gasteiger partial charge in [0.15, 0.2) is 0 Å². The normalized spacial score (nSPS) is 26.5. The van der Waals surface area contributed by atoms with E-state index in [2.05, 4.69) is 29.3 Å². The van der Waals surface area contributed by atoms with Crippen LogP contribution in [0.25, 0.3) is 0 Å². The SMILES string of the molecule is C[C@H]1CN(CCC(=O)NC2CC2)C[C@@H](c2ccccc2)O1. The predicted molar refractivity (Wildman–Crippen MR) is 82.0 cm³/mol. The van der Waals surface area contributed by atoms with Crippen LogP contribution in [0.15, 0.2) is 30.3 Å². The zero-order valence-electron chi connectivity index (χ0n) is 12.6. The number of nitrogens with one attached hydrogen (secondary N) is 1. The number of ether oxygens (including phenoxy) is 1. The summed E-state index contributed by atoms with van der Waals surface area (Å²) in [7, 11) is 0. The Balaban J connectivity index is 1.51. The first-order valence-corrected chi connectivity index (χ1v) is 7.93. The summed E-state index contributed by atoms with van der Waals surface area (Å²) in [4.78, 5) is 14.1. The highest BCUT2D eigenvalue weighted by Gasteiger charge is 2.27. The third-order valence-corrected chi connectivity index (χ3v) is 4.10. The van der Waals surface area contributed by atoms with Gasteiger partial charge in [-0.1, -0.05) is 30.3 Å². The number of hydrogen-bond acceptors (Lipinski definition) is 3. The molecule has 1 N–H and O–H groups in total. The monoisotopic (exact) mass is 288 g/mol. The van der Waals surface area contributed by atoms with Crippen molar-refractivity contribution in [3.63, 3.8) is 0 Å². The van der Waals surface area contributed by atoms with Crippen molar-refractivity contribution < 1.29 is 9.53 Å². The fourth-order valence-electron chi connectivity index (χ4n) is 2.86. The molecule has 1 aromatic carbocycles. The van der Waals surface area contributed by atoms with E-state index in [0.717, 1.165) is 32.5 Å². The first-order chi connectivity index (χ1) is 10.2. The van der Waals surface area contributed by atoms with Gasteiger partial charge in [-0.15, -0.1) is 0 Å². The summed E-state index contributed by atoms with van der Waals surface area (Å²) in [5, 5.41) is 3.05. The molecule has 2 aliphatic rings. The van der Waals surface area contributed by atoms with E-state index < -0.39 is 0 Å². The number of morpholine rings is 1. The zero-order chi connectivity index (χ0) is 14.7. The van der Waals surface area contributed by atoms with E-state index in [1.807, 2.05) is 18.2 Å². The summed E-state index contributed by atoms with van der Waals surface area (Å²) in [6.07, 6.45) is 3.20. The van der Waals surface area contributed by atoms with Crippen molar-refractivity contribution in [1.29, 1.82) is 0 Å². The largest absolute Gasteiger partial charge is 0.368 e.